The van der Waals surface area contributed by atoms with E-state index in [1.54, 1.807) is 24.3 Å². The molecule has 5 nitrogen and oxygen atoms in total. The van der Waals surface area contributed by atoms with Gasteiger partial charge in [0.15, 0.2) is 0 Å². The number of pyridine rings is 1. The summed E-state index contributed by atoms with van der Waals surface area (Å²) in [5, 5.41) is 3.53. The highest BCUT2D eigenvalue weighted by Crippen LogP contribution is 2.26. The average molecular weight is 322 g/mol. The molecule has 0 spiro atoms. The minimum Gasteiger partial charge on any atom is -0.489 e. The van der Waals surface area contributed by atoms with Gasteiger partial charge in [-0.15, -0.1) is 0 Å². The number of carbonyl (C=O) groups is 1. The molecule has 0 aliphatic carbocycles. The lowest BCUT2D eigenvalue weighted by atomic mass is 10.1. The van der Waals surface area contributed by atoms with E-state index in [9.17, 15) is 9.59 Å². The summed E-state index contributed by atoms with van der Waals surface area (Å²) in [6, 6.07) is 15.7. The van der Waals surface area contributed by atoms with Gasteiger partial charge in [0.05, 0.1) is 17.4 Å². The van der Waals surface area contributed by atoms with Crippen LogP contribution in [0.15, 0.2) is 59.4 Å². The molecule has 24 heavy (non-hydrogen) atoms. The third-order valence-corrected chi connectivity index (χ3v) is 3.49. The van der Waals surface area contributed by atoms with Crippen molar-refractivity contribution in [3.63, 3.8) is 0 Å². The van der Waals surface area contributed by atoms with Gasteiger partial charge in [0.1, 0.15) is 5.75 Å². The Morgan fingerprint density at radius 3 is 2.58 bits per heavy atom. The molecule has 2 N–H and O–H groups in total. The average Bonchev–Trinajstić information content (AvgIpc) is 2.55. The molecule has 0 atom stereocenters. The molecule has 1 heterocycles. The van der Waals surface area contributed by atoms with Crippen LogP contribution in [-0.4, -0.2) is 17.0 Å². The van der Waals surface area contributed by atoms with Crippen LogP contribution in [0.3, 0.4) is 0 Å². The topological polar surface area (TPSA) is 71.2 Å². The molecule has 122 valence electrons. The summed E-state index contributed by atoms with van der Waals surface area (Å²) in [5.74, 6) is 0.243. The maximum absolute atomic E-state index is 12.7. The van der Waals surface area contributed by atoms with E-state index in [-0.39, 0.29) is 17.6 Å². The van der Waals surface area contributed by atoms with Crippen molar-refractivity contribution in [3.05, 3.63) is 70.5 Å². The Labute approximate surface area is 139 Å². The quantitative estimate of drug-likeness (QED) is 0.771. The Hall–Kier alpha value is -3.08. The summed E-state index contributed by atoms with van der Waals surface area (Å²) < 4.78 is 5.71. The van der Waals surface area contributed by atoms with Gasteiger partial charge < -0.3 is 15.0 Å². The zero-order chi connectivity index (χ0) is 17.1. The van der Waals surface area contributed by atoms with E-state index in [1.165, 1.54) is 6.07 Å². The standard InChI is InChI=1S/C19H18N2O3/c1-12(2)24-17-10-6-5-9-16(17)21-19(23)14-11-18(22)20-15-8-4-3-7-13(14)15/h3-12H,1-2H3,(H,20,22)(H,21,23). The van der Waals surface area contributed by atoms with E-state index in [0.717, 1.165) is 0 Å². The Balaban J connectivity index is 1.99. The van der Waals surface area contributed by atoms with Gasteiger partial charge in [0.25, 0.3) is 5.91 Å². The number of fused-ring (bicyclic) bond motifs is 1. The zero-order valence-corrected chi connectivity index (χ0v) is 13.5. The summed E-state index contributed by atoms with van der Waals surface area (Å²) in [7, 11) is 0. The smallest absolute Gasteiger partial charge is 0.256 e. The molecule has 5 heteroatoms. The van der Waals surface area contributed by atoms with Crippen LogP contribution in [0.2, 0.25) is 0 Å². The fourth-order valence-electron chi connectivity index (χ4n) is 2.51. The van der Waals surface area contributed by atoms with Gasteiger partial charge in [-0.25, -0.2) is 0 Å². The first-order valence-electron chi connectivity index (χ1n) is 7.73. The number of rotatable bonds is 4. The summed E-state index contributed by atoms with van der Waals surface area (Å²) in [5.41, 5.74) is 1.21. The van der Waals surface area contributed by atoms with E-state index in [0.29, 0.717) is 27.9 Å². The number of hydrogen-bond donors (Lipinski definition) is 2. The van der Waals surface area contributed by atoms with Gasteiger partial charge in [0.2, 0.25) is 5.56 Å². The predicted molar refractivity (Wildman–Crippen MR) is 94.7 cm³/mol. The Morgan fingerprint density at radius 2 is 1.79 bits per heavy atom. The number of H-pyrrole nitrogens is 1. The molecule has 1 aromatic heterocycles. The lowest BCUT2D eigenvalue weighted by Gasteiger charge is -2.15. The molecule has 1 amide bonds. The molecular weight excluding hydrogens is 304 g/mol. The van der Waals surface area contributed by atoms with Crippen LogP contribution in [0.5, 0.6) is 5.75 Å². The van der Waals surface area contributed by atoms with Crippen molar-refractivity contribution in [2.45, 2.75) is 20.0 Å². The summed E-state index contributed by atoms with van der Waals surface area (Å²) in [6.45, 7) is 3.84. The van der Waals surface area contributed by atoms with Crippen molar-refractivity contribution >= 4 is 22.5 Å². The minimum absolute atomic E-state index is 0.0107. The first kappa shape index (κ1) is 15.8. The van der Waals surface area contributed by atoms with E-state index in [1.807, 2.05) is 38.1 Å². The van der Waals surface area contributed by atoms with Crippen molar-refractivity contribution < 1.29 is 9.53 Å². The lowest BCUT2D eigenvalue weighted by Crippen LogP contribution is -2.18. The highest BCUT2D eigenvalue weighted by Gasteiger charge is 2.14. The van der Waals surface area contributed by atoms with Crippen LogP contribution in [0.1, 0.15) is 24.2 Å². The Kier molecular flexibility index (Phi) is 4.33. The van der Waals surface area contributed by atoms with Crippen molar-refractivity contribution in [1.82, 2.24) is 4.98 Å². The molecule has 0 saturated heterocycles. The highest BCUT2D eigenvalue weighted by molar-refractivity contribution is 6.12. The first-order valence-corrected chi connectivity index (χ1v) is 7.73. The third-order valence-electron chi connectivity index (χ3n) is 3.49. The first-order chi connectivity index (χ1) is 11.5. The zero-order valence-electron chi connectivity index (χ0n) is 13.5. The minimum atomic E-state index is -0.350. The molecular formula is C19H18N2O3. The number of hydrogen-bond acceptors (Lipinski definition) is 3. The molecule has 0 aliphatic rings. The molecule has 0 unspecified atom stereocenters. The number of aromatic amines is 1. The van der Waals surface area contributed by atoms with Gasteiger partial charge in [-0.3, -0.25) is 9.59 Å². The fraction of sp³-hybridized carbons (Fsp3) is 0.158. The van der Waals surface area contributed by atoms with E-state index in [4.69, 9.17) is 4.74 Å². The molecule has 0 saturated carbocycles. The second-order valence-corrected chi connectivity index (χ2v) is 5.71. The summed E-state index contributed by atoms with van der Waals surface area (Å²) in [6.07, 6.45) is -0.0107. The molecule has 3 rings (SSSR count). The van der Waals surface area contributed by atoms with Crippen LogP contribution < -0.4 is 15.6 Å². The fourth-order valence-corrected chi connectivity index (χ4v) is 2.51. The number of benzene rings is 2. The monoisotopic (exact) mass is 322 g/mol. The molecule has 0 aliphatic heterocycles. The second-order valence-electron chi connectivity index (χ2n) is 5.71. The predicted octanol–water partition coefficient (Wildman–Crippen LogP) is 3.57. The Bertz CT molecular complexity index is 944. The van der Waals surface area contributed by atoms with Gasteiger partial charge in [0, 0.05) is 17.0 Å². The van der Waals surface area contributed by atoms with Crippen LogP contribution in [-0.2, 0) is 0 Å². The van der Waals surface area contributed by atoms with E-state index in [2.05, 4.69) is 10.3 Å². The van der Waals surface area contributed by atoms with Crippen LogP contribution in [0.25, 0.3) is 10.9 Å². The molecule has 0 fully saturated rings. The van der Waals surface area contributed by atoms with E-state index >= 15 is 0 Å². The number of ether oxygens (including phenoxy) is 1. The number of anilines is 1. The lowest BCUT2D eigenvalue weighted by molar-refractivity contribution is 0.102. The Morgan fingerprint density at radius 1 is 1.08 bits per heavy atom. The molecule has 2 aromatic carbocycles. The van der Waals surface area contributed by atoms with Gasteiger partial charge in [-0.2, -0.15) is 0 Å². The number of aromatic nitrogens is 1. The largest absolute Gasteiger partial charge is 0.489 e. The highest BCUT2D eigenvalue weighted by atomic mass is 16.5. The van der Waals surface area contributed by atoms with Crippen molar-refractivity contribution in [2.75, 3.05) is 5.32 Å². The van der Waals surface area contributed by atoms with Crippen LogP contribution in [0.4, 0.5) is 5.69 Å². The summed E-state index contributed by atoms with van der Waals surface area (Å²) >= 11 is 0. The van der Waals surface area contributed by atoms with Crippen molar-refractivity contribution in [1.29, 1.82) is 0 Å². The van der Waals surface area contributed by atoms with Crippen molar-refractivity contribution in [2.24, 2.45) is 0 Å². The summed E-state index contributed by atoms with van der Waals surface area (Å²) in [4.78, 5) is 27.2. The maximum Gasteiger partial charge on any atom is 0.256 e. The van der Waals surface area contributed by atoms with E-state index < -0.39 is 0 Å². The number of amides is 1. The van der Waals surface area contributed by atoms with Crippen LogP contribution >= 0.6 is 0 Å². The number of nitrogens with one attached hydrogen (secondary N) is 2. The van der Waals surface area contributed by atoms with Crippen LogP contribution in [0, 0.1) is 0 Å². The van der Waals surface area contributed by atoms with Gasteiger partial charge >= 0.3 is 0 Å². The van der Waals surface area contributed by atoms with Gasteiger partial charge in [-0.05, 0) is 32.0 Å². The second kappa shape index (κ2) is 6.58. The normalized spacial score (nSPS) is 10.8. The third kappa shape index (κ3) is 3.30. The molecule has 0 bridgehead atoms. The number of carbonyl (C=O) groups excluding carboxylic acids is 1. The van der Waals surface area contributed by atoms with Gasteiger partial charge in [-0.1, -0.05) is 30.3 Å². The van der Waals surface area contributed by atoms with Crippen molar-refractivity contribution in [3.8, 4) is 5.75 Å². The maximum atomic E-state index is 12.7. The molecule has 0 radical (unpaired) electrons. The SMILES string of the molecule is CC(C)Oc1ccccc1NC(=O)c1cc(=O)[nH]c2ccccc12. The number of para-hydroxylation sites is 3. The molecule has 3 aromatic rings.